The van der Waals surface area contributed by atoms with Crippen molar-refractivity contribution in [1.29, 1.82) is 0 Å². The first-order valence-corrected chi connectivity index (χ1v) is 10.6. The molecule has 1 aromatic heterocycles. The smallest absolute Gasteiger partial charge is 0.339 e. The number of ether oxygens (including phenoxy) is 1. The van der Waals surface area contributed by atoms with E-state index in [1.165, 1.54) is 24.8 Å². The van der Waals surface area contributed by atoms with Crippen molar-refractivity contribution in [3.05, 3.63) is 28.3 Å². The Hall–Kier alpha value is -2.09. The third-order valence-corrected chi connectivity index (χ3v) is 5.74. The van der Waals surface area contributed by atoms with Crippen LogP contribution >= 0.6 is 11.8 Å². The quantitative estimate of drug-likeness (QED) is 0.597. The molecule has 1 amide bonds. The summed E-state index contributed by atoms with van der Waals surface area (Å²) in [7, 11) is 0. The van der Waals surface area contributed by atoms with Gasteiger partial charge < -0.3 is 14.5 Å². The predicted molar refractivity (Wildman–Crippen MR) is 110 cm³/mol. The maximum atomic E-state index is 12.9. The van der Waals surface area contributed by atoms with Gasteiger partial charge in [-0.3, -0.25) is 14.6 Å². The number of Topliss-reactive ketones (excluding diaryl/α,β-unsaturated/α-hetero) is 1. The molecule has 7 nitrogen and oxygen atoms in total. The van der Waals surface area contributed by atoms with Gasteiger partial charge in [0.2, 0.25) is 5.91 Å². The topological polar surface area (TPSA) is 98.0 Å². The van der Waals surface area contributed by atoms with E-state index >= 15 is 0 Å². The predicted octanol–water partition coefficient (Wildman–Crippen LogP) is 3.27. The molecule has 0 aliphatic carbocycles. The lowest BCUT2D eigenvalue weighted by Gasteiger charge is -2.24. The molecule has 1 aromatic rings. The zero-order valence-electron chi connectivity index (χ0n) is 16.9. The minimum Gasteiger partial charge on any atom is -0.493 e. The second-order valence-electron chi connectivity index (χ2n) is 7.07. The van der Waals surface area contributed by atoms with E-state index in [0.717, 1.165) is 19.3 Å². The number of thioether (sulfide) groups is 1. The van der Waals surface area contributed by atoms with E-state index < -0.39 is 17.2 Å². The van der Waals surface area contributed by atoms with Crippen LogP contribution in [-0.2, 0) is 9.59 Å². The number of hydrogen-bond donors (Lipinski definition) is 1. The summed E-state index contributed by atoms with van der Waals surface area (Å²) >= 11 is 1.28. The first kappa shape index (κ1) is 22.2. The van der Waals surface area contributed by atoms with E-state index in [4.69, 9.17) is 9.15 Å². The van der Waals surface area contributed by atoms with Gasteiger partial charge in [-0.1, -0.05) is 26.7 Å². The Morgan fingerprint density at radius 1 is 1.36 bits per heavy atom. The Bertz CT molecular complexity index is 804. The number of rotatable bonds is 10. The zero-order valence-corrected chi connectivity index (χ0v) is 17.7. The third-order valence-electron chi connectivity index (χ3n) is 4.38. The van der Waals surface area contributed by atoms with Crippen LogP contribution in [0.4, 0.5) is 0 Å². The maximum Gasteiger partial charge on any atom is 0.339 e. The molecule has 1 aliphatic heterocycles. The fourth-order valence-corrected chi connectivity index (χ4v) is 3.83. The molecule has 1 N–H and O–H groups in total. The Morgan fingerprint density at radius 2 is 2.11 bits per heavy atom. The summed E-state index contributed by atoms with van der Waals surface area (Å²) in [6, 6.07) is 2.49. The molecule has 0 saturated heterocycles. The van der Waals surface area contributed by atoms with Gasteiger partial charge in [-0.05, 0) is 19.8 Å². The van der Waals surface area contributed by atoms with Gasteiger partial charge in [0.25, 0.3) is 0 Å². The summed E-state index contributed by atoms with van der Waals surface area (Å²) in [5, 5.41) is 3.30. The average Bonchev–Trinajstić information content (AvgIpc) is 3.05. The Labute approximate surface area is 169 Å². The second kappa shape index (κ2) is 9.91. The van der Waals surface area contributed by atoms with Crippen molar-refractivity contribution in [2.24, 2.45) is 4.99 Å². The summed E-state index contributed by atoms with van der Waals surface area (Å²) in [6.45, 7) is 7.70. The SMILES string of the molecule is CCCCOc1cc([C@@H](CCC)NC(=O)[C@]2(C)CSC(C(C)=O)=N2)oc(=O)c1. The molecule has 0 radical (unpaired) electrons. The van der Waals surface area contributed by atoms with Gasteiger partial charge in [0.05, 0.1) is 18.7 Å². The monoisotopic (exact) mass is 408 g/mol. The second-order valence-corrected chi connectivity index (χ2v) is 8.03. The molecule has 2 atom stereocenters. The van der Waals surface area contributed by atoms with Crippen molar-refractivity contribution in [1.82, 2.24) is 5.32 Å². The van der Waals surface area contributed by atoms with Crippen molar-refractivity contribution >= 4 is 28.5 Å². The molecule has 2 heterocycles. The average molecular weight is 409 g/mol. The number of hydrogen-bond acceptors (Lipinski definition) is 7. The highest BCUT2D eigenvalue weighted by molar-refractivity contribution is 8.16. The van der Waals surface area contributed by atoms with Crippen LogP contribution in [0.15, 0.2) is 26.3 Å². The number of aliphatic imine (C=N–C) groups is 1. The van der Waals surface area contributed by atoms with Crippen LogP contribution in [-0.4, -0.2) is 34.6 Å². The van der Waals surface area contributed by atoms with Gasteiger partial charge in [-0.15, -0.1) is 11.8 Å². The van der Waals surface area contributed by atoms with E-state index in [9.17, 15) is 14.4 Å². The molecule has 0 spiro atoms. The molecular weight excluding hydrogens is 380 g/mol. The lowest BCUT2D eigenvalue weighted by Crippen LogP contribution is -2.45. The molecule has 0 unspecified atom stereocenters. The molecule has 0 bridgehead atoms. The van der Waals surface area contributed by atoms with E-state index in [0.29, 0.717) is 35.3 Å². The fraction of sp³-hybridized carbons (Fsp3) is 0.600. The third kappa shape index (κ3) is 5.70. The summed E-state index contributed by atoms with van der Waals surface area (Å²) in [5.74, 6) is 0.759. The van der Waals surface area contributed by atoms with Crippen molar-refractivity contribution in [3.63, 3.8) is 0 Å². The van der Waals surface area contributed by atoms with Crippen molar-refractivity contribution in [2.45, 2.75) is 65.0 Å². The Morgan fingerprint density at radius 3 is 2.71 bits per heavy atom. The Balaban J connectivity index is 2.20. The first-order chi connectivity index (χ1) is 13.3. The number of nitrogens with one attached hydrogen (secondary N) is 1. The minimum atomic E-state index is -1.02. The van der Waals surface area contributed by atoms with Crippen LogP contribution in [0.5, 0.6) is 5.75 Å². The van der Waals surface area contributed by atoms with E-state index in [-0.39, 0.29) is 11.7 Å². The van der Waals surface area contributed by atoms with Crippen molar-refractivity contribution in [2.75, 3.05) is 12.4 Å². The number of ketones is 1. The maximum absolute atomic E-state index is 12.9. The molecule has 2 rings (SSSR count). The lowest BCUT2D eigenvalue weighted by molar-refractivity contribution is -0.125. The molecule has 1 aliphatic rings. The van der Waals surface area contributed by atoms with Crippen molar-refractivity contribution < 1.29 is 18.7 Å². The van der Waals surface area contributed by atoms with Crippen LogP contribution in [0.1, 0.15) is 65.2 Å². The van der Waals surface area contributed by atoms with Crippen LogP contribution in [0.25, 0.3) is 0 Å². The largest absolute Gasteiger partial charge is 0.493 e. The van der Waals surface area contributed by atoms with E-state index in [2.05, 4.69) is 17.2 Å². The standard InChI is InChI=1S/C20H28N2O5S/c1-5-7-9-26-14-10-16(27-17(24)11-14)15(8-6-2)21-19(25)20(4)12-28-18(22-20)13(3)23/h10-11,15H,5-9,12H2,1-4H3,(H,21,25)/t15-,20+/m1/s1. The highest BCUT2D eigenvalue weighted by atomic mass is 32.2. The number of unbranched alkanes of at least 4 members (excludes halogenated alkanes) is 1. The number of amides is 1. The summed E-state index contributed by atoms with van der Waals surface area (Å²) < 4.78 is 11.0. The molecular formula is C20H28N2O5S. The lowest BCUT2D eigenvalue weighted by atomic mass is 10.0. The van der Waals surface area contributed by atoms with E-state index in [1.807, 2.05) is 6.92 Å². The van der Waals surface area contributed by atoms with Crippen molar-refractivity contribution in [3.8, 4) is 5.75 Å². The highest BCUT2D eigenvalue weighted by Crippen LogP contribution is 2.30. The van der Waals surface area contributed by atoms with Gasteiger partial charge in [0.1, 0.15) is 22.1 Å². The highest BCUT2D eigenvalue weighted by Gasteiger charge is 2.40. The summed E-state index contributed by atoms with van der Waals surface area (Å²) in [4.78, 5) is 40.7. The van der Waals surface area contributed by atoms with Crippen LogP contribution in [0, 0.1) is 0 Å². The van der Waals surface area contributed by atoms with E-state index in [1.54, 1.807) is 13.0 Å². The zero-order chi connectivity index (χ0) is 20.7. The number of carbonyl (C=O) groups is 2. The minimum absolute atomic E-state index is 0.144. The molecule has 0 fully saturated rings. The molecule has 28 heavy (non-hydrogen) atoms. The molecule has 8 heteroatoms. The summed E-state index contributed by atoms with van der Waals surface area (Å²) in [6.07, 6.45) is 3.25. The number of nitrogens with zero attached hydrogens (tertiary/aromatic N) is 1. The molecule has 0 saturated carbocycles. The van der Waals surface area contributed by atoms with Crippen LogP contribution in [0.3, 0.4) is 0 Å². The first-order valence-electron chi connectivity index (χ1n) is 9.61. The normalized spacial score (nSPS) is 19.8. The van der Waals surface area contributed by atoms with Gasteiger partial charge in [-0.2, -0.15) is 0 Å². The van der Waals surface area contributed by atoms with Crippen LogP contribution in [0.2, 0.25) is 0 Å². The fourth-order valence-electron chi connectivity index (χ4n) is 2.74. The molecule has 154 valence electrons. The van der Waals surface area contributed by atoms with Gasteiger partial charge in [-0.25, -0.2) is 4.79 Å². The van der Waals surface area contributed by atoms with Gasteiger partial charge in [0.15, 0.2) is 5.78 Å². The Kier molecular flexibility index (Phi) is 7.86. The number of carbonyl (C=O) groups excluding carboxylic acids is 2. The molecule has 0 aromatic carbocycles. The van der Waals surface area contributed by atoms with Crippen LogP contribution < -0.4 is 15.7 Å². The van der Waals surface area contributed by atoms with Gasteiger partial charge in [0, 0.05) is 18.7 Å². The van der Waals surface area contributed by atoms with Gasteiger partial charge >= 0.3 is 5.63 Å². The summed E-state index contributed by atoms with van der Waals surface area (Å²) in [5.41, 5.74) is -1.54.